The summed E-state index contributed by atoms with van der Waals surface area (Å²) in [5.41, 5.74) is 3.28. The van der Waals surface area contributed by atoms with E-state index in [1.54, 1.807) is 6.07 Å². The molecule has 164 valence electrons. The van der Waals surface area contributed by atoms with Crippen LogP contribution in [0.5, 0.6) is 5.75 Å². The second-order valence-corrected chi connectivity index (χ2v) is 10.6. The van der Waals surface area contributed by atoms with Crippen molar-refractivity contribution >= 4 is 41.0 Å². The summed E-state index contributed by atoms with van der Waals surface area (Å²) in [5.74, 6) is 2.79. The van der Waals surface area contributed by atoms with Crippen LogP contribution in [0.3, 0.4) is 0 Å². The maximum atomic E-state index is 13.0. The van der Waals surface area contributed by atoms with Crippen LogP contribution < -0.4 is 10.1 Å². The molecule has 1 N–H and O–H groups in total. The Hall–Kier alpha value is -2.12. The van der Waals surface area contributed by atoms with E-state index < -0.39 is 0 Å². The normalized spacial score (nSPS) is 16.9. The number of rotatable bonds is 6. The monoisotopic (exact) mass is 456 g/mol. The fourth-order valence-corrected chi connectivity index (χ4v) is 6.77. The molecule has 2 aliphatic rings. The van der Waals surface area contributed by atoms with Crippen LogP contribution in [-0.4, -0.2) is 47.9 Å². The Bertz CT molecular complexity index is 921. The molecular weight excluding hydrogens is 428 g/mol. The standard InChI is InChI=1S/C24H28N2O3S2/c1-17-6-4-7-20(22(17)23(28)26-12-2-3-13-26)25-21(27)16-29-19-10-8-18(9-11-19)24-30-14-5-15-31-24/h4,6-11,24H,2-3,5,12-16H2,1H3,(H,25,27). The topological polar surface area (TPSA) is 58.6 Å². The number of benzene rings is 2. The van der Waals surface area contributed by atoms with E-state index in [0.29, 0.717) is 21.6 Å². The van der Waals surface area contributed by atoms with Crippen LogP contribution >= 0.6 is 23.5 Å². The van der Waals surface area contributed by atoms with Crippen LogP contribution in [0.2, 0.25) is 0 Å². The van der Waals surface area contributed by atoms with Crippen LogP contribution in [-0.2, 0) is 4.79 Å². The van der Waals surface area contributed by atoms with Gasteiger partial charge in [0.1, 0.15) is 5.75 Å². The lowest BCUT2D eigenvalue weighted by atomic mass is 10.0. The third kappa shape index (κ3) is 5.57. The first-order valence-corrected chi connectivity index (χ1v) is 12.9. The first kappa shape index (κ1) is 22.1. The number of nitrogens with zero attached hydrogens (tertiary/aromatic N) is 1. The first-order valence-electron chi connectivity index (χ1n) is 10.8. The van der Waals surface area contributed by atoms with Gasteiger partial charge in [-0.15, -0.1) is 23.5 Å². The van der Waals surface area contributed by atoms with Crippen molar-refractivity contribution < 1.29 is 14.3 Å². The second-order valence-electron chi connectivity index (χ2n) is 7.83. The molecule has 2 heterocycles. The van der Waals surface area contributed by atoms with Gasteiger partial charge in [-0.1, -0.05) is 24.3 Å². The molecule has 0 aromatic heterocycles. The fourth-order valence-electron chi connectivity index (χ4n) is 3.87. The molecule has 5 nitrogen and oxygen atoms in total. The van der Waals surface area contributed by atoms with E-state index >= 15 is 0 Å². The highest BCUT2D eigenvalue weighted by Gasteiger charge is 2.24. The lowest BCUT2D eigenvalue weighted by Crippen LogP contribution is -2.30. The summed E-state index contributed by atoms with van der Waals surface area (Å²) in [6, 6.07) is 13.5. The minimum Gasteiger partial charge on any atom is -0.484 e. The van der Waals surface area contributed by atoms with Gasteiger partial charge in [0, 0.05) is 13.1 Å². The van der Waals surface area contributed by atoms with Gasteiger partial charge in [-0.05, 0) is 67.0 Å². The number of ether oxygens (including phenoxy) is 1. The molecule has 31 heavy (non-hydrogen) atoms. The van der Waals surface area contributed by atoms with E-state index in [1.165, 1.54) is 23.5 Å². The van der Waals surface area contributed by atoms with E-state index in [0.717, 1.165) is 31.5 Å². The van der Waals surface area contributed by atoms with Crippen molar-refractivity contribution in [2.45, 2.75) is 30.8 Å². The smallest absolute Gasteiger partial charge is 0.262 e. The summed E-state index contributed by atoms with van der Waals surface area (Å²) >= 11 is 3.96. The van der Waals surface area contributed by atoms with Gasteiger partial charge in [0.05, 0.1) is 15.8 Å². The van der Waals surface area contributed by atoms with E-state index in [-0.39, 0.29) is 18.4 Å². The molecule has 0 unspecified atom stereocenters. The number of carbonyl (C=O) groups is 2. The number of carbonyl (C=O) groups excluding carboxylic acids is 2. The Morgan fingerprint density at radius 1 is 1.03 bits per heavy atom. The molecule has 2 aromatic carbocycles. The minimum absolute atomic E-state index is 0.0131. The van der Waals surface area contributed by atoms with Crippen LogP contribution in [0.4, 0.5) is 5.69 Å². The van der Waals surface area contributed by atoms with E-state index in [1.807, 2.05) is 59.6 Å². The molecule has 0 atom stereocenters. The van der Waals surface area contributed by atoms with Gasteiger partial charge in [-0.3, -0.25) is 9.59 Å². The van der Waals surface area contributed by atoms with Crippen molar-refractivity contribution in [1.29, 1.82) is 0 Å². The summed E-state index contributed by atoms with van der Waals surface area (Å²) in [5, 5.41) is 2.87. The zero-order valence-electron chi connectivity index (χ0n) is 17.8. The third-order valence-electron chi connectivity index (χ3n) is 5.50. The second kappa shape index (κ2) is 10.5. The van der Waals surface area contributed by atoms with Gasteiger partial charge in [0.2, 0.25) is 0 Å². The van der Waals surface area contributed by atoms with E-state index in [2.05, 4.69) is 17.4 Å². The number of nitrogens with one attached hydrogen (secondary N) is 1. The van der Waals surface area contributed by atoms with Gasteiger partial charge in [-0.2, -0.15) is 0 Å². The number of amides is 2. The molecule has 2 fully saturated rings. The fraction of sp³-hybridized carbons (Fsp3) is 0.417. The number of anilines is 1. The number of likely N-dealkylation sites (tertiary alicyclic amines) is 1. The summed E-state index contributed by atoms with van der Waals surface area (Å²) < 4.78 is 6.18. The largest absolute Gasteiger partial charge is 0.484 e. The molecule has 0 spiro atoms. The number of thioether (sulfide) groups is 2. The van der Waals surface area contributed by atoms with Crippen LogP contribution in [0.15, 0.2) is 42.5 Å². The average Bonchev–Trinajstić information content (AvgIpc) is 3.34. The van der Waals surface area contributed by atoms with Crippen molar-refractivity contribution in [3.8, 4) is 5.75 Å². The predicted molar refractivity (Wildman–Crippen MR) is 129 cm³/mol. The van der Waals surface area contributed by atoms with Crippen LogP contribution in [0.1, 0.15) is 45.3 Å². The highest BCUT2D eigenvalue weighted by Crippen LogP contribution is 2.43. The Morgan fingerprint density at radius 2 is 1.74 bits per heavy atom. The zero-order valence-corrected chi connectivity index (χ0v) is 19.4. The number of hydrogen-bond donors (Lipinski definition) is 1. The average molecular weight is 457 g/mol. The maximum absolute atomic E-state index is 13.0. The van der Waals surface area contributed by atoms with Crippen molar-refractivity contribution in [3.63, 3.8) is 0 Å². The summed E-state index contributed by atoms with van der Waals surface area (Å²) in [6.45, 7) is 3.35. The van der Waals surface area contributed by atoms with Gasteiger partial charge in [0.15, 0.2) is 6.61 Å². The lowest BCUT2D eigenvalue weighted by Gasteiger charge is -2.21. The molecular formula is C24H28N2O3S2. The van der Waals surface area contributed by atoms with Gasteiger partial charge < -0.3 is 15.0 Å². The Labute approximate surface area is 192 Å². The van der Waals surface area contributed by atoms with E-state index in [9.17, 15) is 9.59 Å². The predicted octanol–water partition coefficient (Wildman–Crippen LogP) is 5.12. The minimum atomic E-state index is -0.274. The Kier molecular flexibility index (Phi) is 7.45. The Morgan fingerprint density at radius 3 is 2.45 bits per heavy atom. The number of hydrogen-bond acceptors (Lipinski definition) is 5. The van der Waals surface area contributed by atoms with Gasteiger partial charge >= 0.3 is 0 Å². The SMILES string of the molecule is Cc1cccc(NC(=O)COc2ccc(C3SCCCS3)cc2)c1C(=O)N1CCCC1. The molecule has 0 bridgehead atoms. The molecule has 0 saturated carbocycles. The molecule has 2 aromatic rings. The molecule has 0 aliphatic carbocycles. The van der Waals surface area contributed by atoms with Crippen molar-refractivity contribution in [2.75, 3.05) is 36.5 Å². The highest BCUT2D eigenvalue weighted by atomic mass is 32.2. The quantitative estimate of drug-likeness (QED) is 0.654. The molecule has 4 rings (SSSR count). The molecule has 2 amide bonds. The van der Waals surface area contributed by atoms with Crippen molar-refractivity contribution in [2.24, 2.45) is 0 Å². The highest BCUT2D eigenvalue weighted by molar-refractivity contribution is 8.16. The third-order valence-corrected chi connectivity index (χ3v) is 8.52. The molecule has 2 aliphatic heterocycles. The maximum Gasteiger partial charge on any atom is 0.262 e. The first-order chi connectivity index (χ1) is 15.1. The zero-order chi connectivity index (χ0) is 21.6. The van der Waals surface area contributed by atoms with Gasteiger partial charge in [0.25, 0.3) is 11.8 Å². The molecule has 0 radical (unpaired) electrons. The van der Waals surface area contributed by atoms with Crippen molar-refractivity contribution in [3.05, 3.63) is 59.2 Å². The summed E-state index contributed by atoms with van der Waals surface area (Å²) in [7, 11) is 0. The van der Waals surface area contributed by atoms with Gasteiger partial charge in [-0.25, -0.2) is 0 Å². The Balaban J connectivity index is 1.36. The van der Waals surface area contributed by atoms with Crippen LogP contribution in [0, 0.1) is 6.92 Å². The summed E-state index contributed by atoms with van der Waals surface area (Å²) in [4.78, 5) is 27.4. The molecule has 2 saturated heterocycles. The molecule has 7 heteroatoms. The summed E-state index contributed by atoms with van der Waals surface area (Å²) in [6.07, 6.45) is 3.34. The van der Waals surface area contributed by atoms with Crippen LogP contribution in [0.25, 0.3) is 0 Å². The van der Waals surface area contributed by atoms with Crippen molar-refractivity contribution in [1.82, 2.24) is 4.90 Å². The lowest BCUT2D eigenvalue weighted by molar-refractivity contribution is -0.118. The number of aryl methyl sites for hydroxylation is 1. The van der Waals surface area contributed by atoms with E-state index in [4.69, 9.17) is 4.74 Å².